The average molecular weight is 435 g/mol. The van der Waals surface area contributed by atoms with Gasteiger partial charge in [-0.2, -0.15) is 0 Å². The molecule has 170 valence electrons. The lowest BCUT2D eigenvalue weighted by Crippen LogP contribution is -2.55. The van der Waals surface area contributed by atoms with E-state index in [1.54, 1.807) is 12.1 Å². The van der Waals surface area contributed by atoms with E-state index in [-0.39, 0.29) is 17.4 Å². The highest BCUT2D eigenvalue weighted by Crippen LogP contribution is 2.29. The second kappa shape index (κ2) is 9.43. The van der Waals surface area contributed by atoms with Crippen LogP contribution in [0.3, 0.4) is 0 Å². The number of rotatable bonds is 6. The summed E-state index contributed by atoms with van der Waals surface area (Å²) in [5.74, 6) is 1.09. The van der Waals surface area contributed by atoms with Crippen molar-refractivity contribution in [2.75, 3.05) is 13.1 Å². The number of benzene rings is 2. The summed E-state index contributed by atoms with van der Waals surface area (Å²) >= 11 is 0. The van der Waals surface area contributed by atoms with E-state index in [4.69, 9.17) is 4.98 Å². The molecule has 2 aromatic carbocycles. The van der Waals surface area contributed by atoms with Crippen molar-refractivity contribution in [1.29, 1.82) is 0 Å². The Morgan fingerprint density at radius 3 is 2.47 bits per heavy atom. The van der Waals surface area contributed by atoms with Crippen molar-refractivity contribution in [2.45, 2.75) is 65.2 Å². The molecule has 4 rings (SSSR count). The Morgan fingerprint density at radius 1 is 1.09 bits per heavy atom. The van der Waals surface area contributed by atoms with Crippen molar-refractivity contribution in [3.05, 3.63) is 58.6 Å². The number of piperazine rings is 1. The summed E-state index contributed by atoms with van der Waals surface area (Å²) in [4.78, 5) is 21.0. The lowest BCUT2D eigenvalue weighted by Gasteiger charge is -2.41. The van der Waals surface area contributed by atoms with Crippen LogP contribution in [0, 0.1) is 0 Å². The maximum atomic E-state index is 13.5. The van der Waals surface area contributed by atoms with Gasteiger partial charge in [0.15, 0.2) is 0 Å². The summed E-state index contributed by atoms with van der Waals surface area (Å²) in [6.07, 6.45) is 1.99. The molecule has 0 bridgehead atoms. The Kier molecular flexibility index (Phi) is 6.63. The van der Waals surface area contributed by atoms with Crippen molar-refractivity contribution in [3.63, 3.8) is 0 Å². The molecule has 2 heterocycles. The summed E-state index contributed by atoms with van der Waals surface area (Å²) in [6, 6.07) is 13.9. The second-order valence-electron chi connectivity index (χ2n) is 9.03. The standard InChI is InChI=1S/C26H34N4O2/c1-5-8-24(29-15-17(3)27-18(4)16-29)25-28-23-14-20(19-9-7-10-21(31)13-19)11-12-22(23)26(32)30(25)6-2/h7,9-14,17-18,24,27,31H,5-6,8,15-16H2,1-4H3/t17-,18+,24?. The third-order valence-corrected chi connectivity index (χ3v) is 6.37. The van der Waals surface area contributed by atoms with E-state index in [0.29, 0.717) is 29.5 Å². The first kappa shape index (κ1) is 22.5. The Hall–Kier alpha value is -2.70. The van der Waals surface area contributed by atoms with Gasteiger partial charge in [-0.3, -0.25) is 14.3 Å². The molecule has 0 saturated carbocycles. The van der Waals surface area contributed by atoms with Gasteiger partial charge in [-0.25, -0.2) is 4.98 Å². The second-order valence-corrected chi connectivity index (χ2v) is 9.03. The number of phenolic OH excluding ortho intramolecular Hbond substituents is 1. The highest BCUT2D eigenvalue weighted by atomic mass is 16.3. The van der Waals surface area contributed by atoms with Gasteiger partial charge in [0.1, 0.15) is 11.6 Å². The fourth-order valence-corrected chi connectivity index (χ4v) is 5.04. The molecule has 3 atom stereocenters. The summed E-state index contributed by atoms with van der Waals surface area (Å²) in [5, 5.41) is 14.1. The highest BCUT2D eigenvalue weighted by Gasteiger charge is 2.30. The number of aromatic nitrogens is 2. The molecule has 0 radical (unpaired) electrons. The van der Waals surface area contributed by atoms with E-state index in [1.807, 2.05) is 41.8 Å². The molecule has 1 aliphatic rings. The molecule has 3 aromatic rings. The lowest BCUT2D eigenvalue weighted by molar-refractivity contribution is 0.109. The number of nitrogens with zero attached hydrogens (tertiary/aromatic N) is 3. The first-order chi connectivity index (χ1) is 15.4. The molecule has 0 amide bonds. The van der Waals surface area contributed by atoms with Crippen molar-refractivity contribution in [1.82, 2.24) is 19.8 Å². The van der Waals surface area contributed by atoms with Gasteiger partial charge in [0, 0.05) is 31.7 Å². The van der Waals surface area contributed by atoms with Gasteiger partial charge >= 0.3 is 0 Å². The predicted molar refractivity (Wildman–Crippen MR) is 130 cm³/mol. The fraction of sp³-hybridized carbons (Fsp3) is 0.462. The zero-order valence-corrected chi connectivity index (χ0v) is 19.5. The van der Waals surface area contributed by atoms with Gasteiger partial charge < -0.3 is 10.4 Å². The number of hydrogen-bond donors (Lipinski definition) is 2. The SMILES string of the molecule is CCCC(c1nc2cc(-c3cccc(O)c3)ccc2c(=O)n1CC)N1C[C@@H](C)N[C@@H](C)C1. The summed E-state index contributed by atoms with van der Waals surface area (Å²) in [5.41, 5.74) is 2.59. The number of aromatic hydroxyl groups is 1. The minimum absolute atomic E-state index is 0.0206. The monoisotopic (exact) mass is 434 g/mol. The minimum atomic E-state index is 0.0206. The summed E-state index contributed by atoms with van der Waals surface area (Å²) in [6.45, 7) is 11.1. The number of nitrogens with one attached hydrogen (secondary N) is 1. The number of fused-ring (bicyclic) bond motifs is 1. The lowest BCUT2D eigenvalue weighted by atomic mass is 10.0. The van der Waals surface area contributed by atoms with Crippen molar-refractivity contribution < 1.29 is 5.11 Å². The first-order valence-electron chi connectivity index (χ1n) is 11.7. The molecule has 1 saturated heterocycles. The summed E-state index contributed by atoms with van der Waals surface area (Å²) in [7, 11) is 0. The van der Waals surface area contributed by atoms with Gasteiger partial charge in [-0.05, 0) is 62.6 Å². The molecule has 1 fully saturated rings. The maximum Gasteiger partial charge on any atom is 0.261 e. The molecule has 1 unspecified atom stereocenters. The van der Waals surface area contributed by atoms with Crippen LogP contribution in [0.25, 0.3) is 22.0 Å². The van der Waals surface area contributed by atoms with E-state index in [1.165, 1.54) is 0 Å². The Labute approximate surface area is 189 Å². The topological polar surface area (TPSA) is 70.4 Å². The molecule has 6 heteroatoms. The van der Waals surface area contributed by atoms with E-state index in [2.05, 4.69) is 31.0 Å². The predicted octanol–water partition coefficient (Wildman–Crippen LogP) is 4.31. The molecule has 6 nitrogen and oxygen atoms in total. The van der Waals surface area contributed by atoms with Crippen LogP contribution >= 0.6 is 0 Å². The van der Waals surface area contributed by atoms with Crippen LogP contribution < -0.4 is 10.9 Å². The van der Waals surface area contributed by atoms with Crippen LogP contribution in [0.15, 0.2) is 47.3 Å². The summed E-state index contributed by atoms with van der Waals surface area (Å²) < 4.78 is 1.86. The normalized spacial score (nSPS) is 20.5. The van der Waals surface area contributed by atoms with Gasteiger partial charge in [0.05, 0.1) is 16.9 Å². The Morgan fingerprint density at radius 2 is 1.81 bits per heavy atom. The molecule has 32 heavy (non-hydrogen) atoms. The van der Waals surface area contributed by atoms with Gasteiger partial charge in [0.2, 0.25) is 0 Å². The average Bonchev–Trinajstić information content (AvgIpc) is 2.76. The van der Waals surface area contributed by atoms with Crippen LogP contribution in [-0.4, -0.2) is 44.7 Å². The van der Waals surface area contributed by atoms with Gasteiger partial charge in [-0.15, -0.1) is 0 Å². The molecular formula is C26H34N4O2. The third-order valence-electron chi connectivity index (χ3n) is 6.37. The zero-order valence-electron chi connectivity index (χ0n) is 19.5. The molecule has 1 aromatic heterocycles. The molecule has 2 N–H and O–H groups in total. The zero-order chi connectivity index (χ0) is 22.8. The molecule has 1 aliphatic heterocycles. The number of phenols is 1. The van der Waals surface area contributed by atoms with Crippen molar-refractivity contribution in [2.24, 2.45) is 0 Å². The largest absolute Gasteiger partial charge is 0.508 e. The van der Waals surface area contributed by atoms with E-state index in [9.17, 15) is 9.90 Å². The number of hydrogen-bond acceptors (Lipinski definition) is 5. The van der Waals surface area contributed by atoms with Crippen LogP contribution in [0.4, 0.5) is 0 Å². The van der Waals surface area contributed by atoms with E-state index < -0.39 is 0 Å². The minimum Gasteiger partial charge on any atom is -0.508 e. The Balaban J connectivity index is 1.85. The van der Waals surface area contributed by atoms with Crippen LogP contribution in [0.2, 0.25) is 0 Å². The molecular weight excluding hydrogens is 400 g/mol. The molecule has 0 aliphatic carbocycles. The van der Waals surface area contributed by atoms with Crippen molar-refractivity contribution in [3.8, 4) is 16.9 Å². The fourth-order valence-electron chi connectivity index (χ4n) is 5.04. The third kappa shape index (κ3) is 4.43. The van der Waals surface area contributed by atoms with Crippen LogP contribution in [0.5, 0.6) is 5.75 Å². The van der Waals surface area contributed by atoms with E-state index in [0.717, 1.165) is 42.9 Å². The smallest absolute Gasteiger partial charge is 0.261 e. The quantitative estimate of drug-likeness (QED) is 0.605. The van der Waals surface area contributed by atoms with Crippen LogP contribution in [0.1, 0.15) is 52.4 Å². The van der Waals surface area contributed by atoms with Crippen molar-refractivity contribution >= 4 is 10.9 Å². The van der Waals surface area contributed by atoms with E-state index >= 15 is 0 Å². The van der Waals surface area contributed by atoms with Crippen LogP contribution in [-0.2, 0) is 6.54 Å². The Bertz CT molecular complexity index is 1150. The van der Waals surface area contributed by atoms with Gasteiger partial charge in [-0.1, -0.05) is 31.5 Å². The maximum absolute atomic E-state index is 13.5. The van der Waals surface area contributed by atoms with Gasteiger partial charge in [0.25, 0.3) is 5.56 Å². The first-order valence-corrected chi connectivity index (χ1v) is 11.7. The molecule has 0 spiro atoms. The highest BCUT2D eigenvalue weighted by molar-refractivity contribution is 5.84.